The van der Waals surface area contributed by atoms with Gasteiger partial charge in [-0.15, -0.1) is 0 Å². The maximum Gasteiger partial charge on any atom is 0.412 e. The van der Waals surface area contributed by atoms with Crippen molar-refractivity contribution < 1.29 is 19.2 Å². The Kier molecular flexibility index (Phi) is 6.80. The third-order valence-electron chi connectivity index (χ3n) is 4.98. The fraction of sp³-hybridized carbons (Fsp3) is 0.435. The molecule has 166 valence electrons. The highest BCUT2D eigenvalue weighted by molar-refractivity contribution is 5.85. The molecule has 8 heteroatoms. The van der Waals surface area contributed by atoms with E-state index in [9.17, 15) is 14.9 Å². The van der Waals surface area contributed by atoms with Crippen molar-refractivity contribution in [2.45, 2.75) is 45.3 Å². The molecule has 0 radical (unpaired) electrons. The SMILES string of the molecule is CN1CCC(Oc2ccc(-c3ccc(NC(=O)OC(C)(C)C)cc3)cc2[N+](=O)[O-])CC1. The first-order chi connectivity index (χ1) is 14.6. The van der Waals surface area contributed by atoms with E-state index in [-0.39, 0.29) is 11.8 Å². The Balaban J connectivity index is 1.73. The van der Waals surface area contributed by atoms with Crippen molar-refractivity contribution in [3.05, 3.63) is 52.6 Å². The van der Waals surface area contributed by atoms with Crippen LogP contribution in [0.5, 0.6) is 5.75 Å². The number of nitro groups is 1. The summed E-state index contributed by atoms with van der Waals surface area (Å²) in [5.74, 6) is 0.298. The summed E-state index contributed by atoms with van der Waals surface area (Å²) in [6.45, 7) is 7.22. The Morgan fingerprint density at radius 3 is 2.29 bits per heavy atom. The lowest BCUT2D eigenvalue weighted by Crippen LogP contribution is -2.35. The van der Waals surface area contributed by atoms with Crippen molar-refractivity contribution in [1.29, 1.82) is 0 Å². The summed E-state index contributed by atoms with van der Waals surface area (Å²) in [5, 5.41) is 14.3. The molecule has 8 nitrogen and oxygen atoms in total. The molecule has 1 heterocycles. The number of carbonyl (C=O) groups excluding carboxylic acids is 1. The van der Waals surface area contributed by atoms with Crippen molar-refractivity contribution >= 4 is 17.5 Å². The fourth-order valence-corrected chi connectivity index (χ4v) is 3.39. The van der Waals surface area contributed by atoms with E-state index < -0.39 is 16.6 Å². The van der Waals surface area contributed by atoms with Crippen LogP contribution in [0.4, 0.5) is 16.2 Å². The van der Waals surface area contributed by atoms with Crippen molar-refractivity contribution in [1.82, 2.24) is 4.90 Å². The van der Waals surface area contributed by atoms with Crippen molar-refractivity contribution in [2.75, 3.05) is 25.5 Å². The van der Waals surface area contributed by atoms with Crippen LogP contribution in [0.25, 0.3) is 11.1 Å². The summed E-state index contributed by atoms with van der Waals surface area (Å²) >= 11 is 0. The normalized spacial score (nSPS) is 15.4. The van der Waals surface area contributed by atoms with Gasteiger partial charge in [-0.3, -0.25) is 15.4 Å². The molecule has 0 unspecified atom stereocenters. The van der Waals surface area contributed by atoms with Crippen LogP contribution in [-0.2, 0) is 4.74 Å². The van der Waals surface area contributed by atoms with E-state index in [4.69, 9.17) is 9.47 Å². The molecule has 31 heavy (non-hydrogen) atoms. The lowest BCUT2D eigenvalue weighted by molar-refractivity contribution is -0.386. The predicted molar refractivity (Wildman–Crippen MR) is 120 cm³/mol. The monoisotopic (exact) mass is 427 g/mol. The zero-order valence-corrected chi connectivity index (χ0v) is 18.4. The molecule has 0 aliphatic carbocycles. The molecule has 0 atom stereocenters. The maximum absolute atomic E-state index is 11.9. The van der Waals surface area contributed by atoms with Gasteiger partial charge in [0.2, 0.25) is 0 Å². The summed E-state index contributed by atoms with van der Waals surface area (Å²) in [4.78, 5) is 25.4. The lowest BCUT2D eigenvalue weighted by Gasteiger charge is -2.29. The Labute approximate surface area is 182 Å². The van der Waals surface area contributed by atoms with Crippen LogP contribution >= 0.6 is 0 Å². The molecule has 1 N–H and O–H groups in total. The molecular weight excluding hydrogens is 398 g/mol. The summed E-state index contributed by atoms with van der Waals surface area (Å²) in [7, 11) is 2.06. The molecule has 2 aromatic rings. The summed E-state index contributed by atoms with van der Waals surface area (Å²) in [6.07, 6.45) is 1.15. The zero-order chi connectivity index (χ0) is 22.6. The average molecular weight is 428 g/mol. The van der Waals surface area contributed by atoms with Crippen molar-refractivity contribution in [3.8, 4) is 16.9 Å². The van der Waals surface area contributed by atoms with E-state index in [1.807, 2.05) is 6.07 Å². The van der Waals surface area contributed by atoms with E-state index in [0.29, 0.717) is 17.0 Å². The number of nitro benzene ring substituents is 1. The number of rotatable bonds is 5. The highest BCUT2D eigenvalue weighted by Gasteiger charge is 2.23. The molecule has 0 aromatic heterocycles. The van der Waals surface area contributed by atoms with E-state index in [1.165, 1.54) is 6.07 Å². The number of likely N-dealkylation sites (tertiary alicyclic amines) is 1. The molecular formula is C23H29N3O5. The van der Waals surface area contributed by atoms with Gasteiger partial charge in [-0.25, -0.2) is 4.79 Å². The second kappa shape index (κ2) is 9.34. The number of ether oxygens (including phenoxy) is 2. The highest BCUT2D eigenvalue weighted by Crippen LogP contribution is 2.34. The smallest absolute Gasteiger partial charge is 0.412 e. The second-order valence-corrected chi connectivity index (χ2v) is 8.76. The lowest BCUT2D eigenvalue weighted by atomic mass is 10.0. The molecule has 2 aromatic carbocycles. The van der Waals surface area contributed by atoms with Crippen LogP contribution in [0.15, 0.2) is 42.5 Å². The van der Waals surface area contributed by atoms with Gasteiger partial charge >= 0.3 is 11.8 Å². The summed E-state index contributed by atoms with van der Waals surface area (Å²) < 4.78 is 11.2. The van der Waals surface area contributed by atoms with Crippen LogP contribution in [-0.4, -0.2) is 47.8 Å². The number of anilines is 1. The molecule has 1 aliphatic heterocycles. The van der Waals surface area contributed by atoms with Gasteiger partial charge in [0.25, 0.3) is 0 Å². The van der Waals surface area contributed by atoms with E-state index in [0.717, 1.165) is 31.5 Å². The highest BCUT2D eigenvalue weighted by atomic mass is 16.6. The second-order valence-electron chi connectivity index (χ2n) is 8.76. The van der Waals surface area contributed by atoms with Crippen molar-refractivity contribution in [3.63, 3.8) is 0 Å². The Morgan fingerprint density at radius 2 is 1.71 bits per heavy atom. The number of nitrogens with zero attached hydrogens (tertiary/aromatic N) is 2. The number of piperidine rings is 1. The Hall–Kier alpha value is -3.13. The van der Waals surface area contributed by atoms with Gasteiger partial charge in [0.1, 0.15) is 11.7 Å². The largest absolute Gasteiger partial charge is 0.483 e. The first kappa shape index (κ1) is 22.6. The van der Waals surface area contributed by atoms with Crippen LogP contribution < -0.4 is 10.1 Å². The Morgan fingerprint density at radius 1 is 1.10 bits per heavy atom. The number of nitrogens with one attached hydrogen (secondary N) is 1. The topological polar surface area (TPSA) is 93.9 Å². The molecule has 1 fully saturated rings. The third-order valence-corrected chi connectivity index (χ3v) is 4.98. The van der Waals surface area contributed by atoms with Gasteiger partial charge in [0.05, 0.1) is 4.92 Å². The standard InChI is InChI=1S/C23H29N3O5/c1-23(2,3)31-22(27)24-18-8-5-16(6-9-18)17-7-10-21(20(15-17)26(28)29)30-19-11-13-25(4)14-12-19/h5-10,15,19H,11-14H2,1-4H3,(H,24,27). The molecule has 0 spiro atoms. The van der Waals surface area contributed by atoms with Crippen LogP contribution in [0.3, 0.4) is 0 Å². The van der Waals surface area contributed by atoms with Gasteiger partial charge in [-0.2, -0.15) is 0 Å². The van der Waals surface area contributed by atoms with E-state index in [1.54, 1.807) is 51.1 Å². The minimum Gasteiger partial charge on any atom is -0.483 e. The van der Waals surface area contributed by atoms with Crippen LogP contribution in [0.1, 0.15) is 33.6 Å². The summed E-state index contributed by atoms with van der Waals surface area (Å²) in [6, 6.07) is 12.1. The van der Waals surface area contributed by atoms with Gasteiger partial charge in [-0.1, -0.05) is 18.2 Å². The van der Waals surface area contributed by atoms with E-state index >= 15 is 0 Å². The molecule has 3 rings (SSSR count). The van der Waals surface area contributed by atoms with Gasteiger partial charge in [0, 0.05) is 24.8 Å². The van der Waals surface area contributed by atoms with Crippen molar-refractivity contribution in [2.24, 2.45) is 0 Å². The summed E-state index contributed by atoms with van der Waals surface area (Å²) in [5.41, 5.74) is 1.44. The number of carbonyl (C=O) groups is 1. The molecule has 1 saturated heterocycles. The van der Waals surface area contributed by atoms with E-state index in [2.05, 4.69) is 17.3 Å². The van der Waals surface area contributed by atoms with Crippen LogP contribution in [0.2, 0.25) is 0 Å². The minimum atomic E-state index is -0.583. The fourth-order valence-electron chi connectivity index (χ4n) is 3.39. The predicted octanol–water partition coefficient (Wildman–Crippen LogP) is 5.08. The first-order valence-electron chi connectivity index (χ1n) is 10.3. The quantitative estimate of drug-likeness (QED) is 0.528. The van der Waals surface area contributed by atoms with Crippen LogP contribution in [0, 0.1) is 10.1 Å². The molecule has 0 saturated carbocycles. The maximum atomic E-state index is 11.9. The first-order valence-corrected chi connectivity index (χ1v) is 10.3. The van der Waals surface area contributed by atoms with Gasteiger partial charge in [-0.05, 0) is 70.0 Å². The van der Waals surface area contributed by atoms with Gasteiger partial charge < -0.3 is 14.4 Å². The molecule has 1 amide bonds. The third kappa shape index (κ3) is 6.42. The number of amides is 1. The zero-order valence-electron chi connectivity index (χ0n) is 18.4. The number of hydrogen-bond donors (Lipinski definition) is 1. The molecule has 1 aliphatic rings. The Bertz CT molecular complexity index is 929. The average Bonchev–Trinajstić information content (AvgIpc) is 2.69. The minimum absolute atomic E-state index is 0.0148. The molecule has 0 bridgehead atoms. The number of benzene rings is 2. The van der Waals surface area contributed by atoms with Gasteiger partial charge in [0.15, 0.2) is 5.75 Å². The number of hydrogen-bond acceptors (Lipinski definition) is 6.